The molecule has 10 heteroatoms. The average molecular weight is 547 g/mol. The SMILES string of the molecule is C#CC1(c2cn(C(C(=O)N3CC(O)CC3C(=O)NCc3ccc(-c4scnc4C)cc3)C(C)(C)C)nn2)CC1. The van der Waals surface area contributed by atoms with Crippen molar-refractivity contribution in [3.63, 3.8) is 0 Å². The molecule has 2 fully saturated rings. The van der Waals surface area contributed by atoms with E-state index in [2.05, 4.69) is 26.5 Å². The van der Waals surface area contributed by atoms with Crippen LogP contribution in [-0.2, 0) is 21.5 Å². The van der Waals surface area contributed by atoms with Gasteiger partial charge in [-0.05, 0) is 36.3 Å². The summed E-state index contributed by atoms with van der Waals surface area (Å²) in [6.45, 7) is 8.23. The van der Waals surface area contributed by atoms with Crippen molar-refractivity contribution in [1.29, 1.82) is 0 Å². The third-order valence-corrected chi connectivity index (χ3v) is 8.62. The summed E-state index contributed by atoms with van der Waals surface area (Å²) in [5, 5.41) is 22.0. The van der Waals surface area contributed by atoms with Crippen molar-refractivity contribution < 1.29 is 14.7 Å². The molecular formula is C29H34N6O3S. The van der Waals surface area contributed by atoms with E-state index < -0.39 is 29.0 Å². The molecule has 204 valence electrons. The number of terminal acetylenes is 1. The molecule has 1 aliphatic carbocycles. The van der Waals surface area contributed by atoms with Gasteiger partial charge in [-0.3, -0.25) is 9.59 Å². The minimum Gasteiger partial charge on any atom is -0.391 e. The van der Waals surface area contributed by atoms with Crippen molar-refractivity contribution in [3.8, 4) is 22.8 Å². The van der Waals surface area contributed by atoms with Crippen LogP contribution in [0.2, 0.25) is 0 Å². The second-order valence-electron chi connectivity index (χ2n) is 11.7. The van der Waals surface area contributed by atoms with E-state index in [-0.39, 0.29) is 24.8 Å². The fraction of sp³-hybridized carbons (Fsp3) is 0.483. The number of rotatable bonds is 7. The number of β-amino-alcohol motifs (C(OH)–C–C–N with tert-alkyl or cyclic N) is 1. The van der Waals surface area contributed by atoms with E-state index in [1.807, 2.05) is 57.5 Å². The molecule has 2 amide bonds. The van der Waals surface area contributed by atoms with E-state index in [0.29, 0.717) is 12.2 Å². The summed E-state index contributed by atoms with van der Waals surface area (Å²) in [6.07, 6.45) is 8.59. The van der Waals surface area contributed by atoms with Crippen molar-refractivity contribution in [2.24, 2.45) is 5.41 Å². The van der Waals surface area contributed by atoms with Crippen LogP contribution in [0.5, 0.6) is 0 Å². The Balaban J connectivity index is 1.29. The van der Waals surface area contributed by atoms with Gasteiger partial charge in [0.1, 0.15) is 17.8 Å². The third-order valence-electron chi connectivity index (χ3n) is 7.64. The number of carbonyl (C=O) groups excluding carboxylic acids is 2. The van der Waals surface area contributed by atoms with Crippen LogP contribution in [0.4, 0.5) is 0 Å². The quantitative estimate of drug-likeness (QED) is 0.440. The van der Waals surface area contributed by atoms with Gasteiger partial charge in [0, 0.05) is 19.5 Å². The number of benzene rings is 1. The lowest BCUT2D eigenvalue weighted by Crippen LogP contribution is -2.50. The third kappa shape index (κ3) is 5.34. The van der Waals surface area contributed by atoms with Crippen LogP contribution >= 0.6 is 11.3 Å². The smallest absolute Gasteiger partial charge is 0.248 e. The second kappa shape index (κ2) is 10.2. The van der Waals surface area contributed by atoms with Gasteiger partial charge >= 0.3 is 0 Å². The topological polar surface area (TPSA) is 113 Å². The molecule has 3 unspecified atom stereocenters. The summed E-state index contributed by atoms with van der Waals surface area (Å²) in [7, 11) is 0. The molecule has 3 heterocycles. The fourth-order valence-corrected chi connectivity index (χ4v) is 6.04. The Kier molecular flexibility index (Phi) is 7.08. The van der Waals surface area contributed by atoms with E-state index in [4.69, 9.17) is 6.42 Å². The highest BCUT2D eigenvalue weighted by molar-refractivity contribution is 7.13. The van der Waals surface area contributed by atoms with Crippen molar-refractivity contribution >= 4 is 23.2 Å². The minimum atomic E-state index is -0.783. The normalized spacial score (nSPS) is 20.9. The summed E-state index contributed by atoms with van der Waals surface area (Å²) in [6, 6.07) is 6.49. The van der Waals surface area contributed by atoms with Gasteiger partial charge in [0.25, 0.3) is 0 Å². The standard InChI is InChI=1S/C29H34N6O3S/c1-6-29(11-12-29)23-16-35(33-32-23)25(28(3,4)5)27(38)34-15-21(36)13-22(34)26(37)30-14-19-7-9-20(10-8-19)24-18(2)31-17-39-24/h1,7-10,16-17,21-22,25,36H,11-15H2,2-5H3,(H,30,37). The predicted octanol–water partition coefficient (Wildman–Crippen LogP) is 3.24. The largest absolute Gasteiger partial charge is 0.391 e. The number of thiazole rings is 1. The van der Waals surface area contributed by atoms with Crippen molar-refractivity contribution in [1.82, 2.24) is 30.2 Å². The number of hydrogen-bond donors (Lipinski definition) is 2. The van der Waals surface area contributed by atoms with Crippen LogP contribution in [0.15, 0.2) is 36.0 Å². The summed E-state index contributed by atoms with van der Waals surface area (Å²) >= 11 is 1.59. The van der Waals surface area contributed by atoms with Gasteiger partial charge < -0.3 is 15.3 Å². The Hall–Kier alpha value is -3.55. The van der Waals surface area contributed by atoms with E-state index in [0.717, 1.165) is 34.5 Å². The van der Waals surface area contributed by atoms with Gasteiger partial charge in [0.15, 0.2) is 0 Å². The molecule has 2 N–H and O–H groups in total. The van der Waals surface area contributed by atoms with Crippen LogP contribution in [0.3, 0.4) is 0 Å². The average Bonchev–Trinajstić information content (AvgIpc) is 3.18. The Bertz CT molecular complexity index is 1410. The first-order chi connectivity index (χ1) is 18.5. The first kappa shape index (κ1) is 27.0. The Morgan fingerprint density at radius 3 is 2.59 bits per heavy atom. The fourth-order valence-electron chi connectivity index (χ4n) is 5.22. The van der Waals surface area contributed by atoms with Gasteiger partial charge in [0.05, 0.1) is 33.8 Å². The first-order valence-corrected chi connectivity index (χ1v) is 14.1. The molecule has 1 saturated carbocycles. The lowest BCUT2D eigenvalue weighted by molar-refractivity contribution is -0.144. The molecule has 1 saturated heterocycles. The van der Waals surface area contributed by atoms with E-state index in [1.165, 1.54) is 4.90 Å². The summed E-state index contributed by atoms with van der Waals surface area (Å²) in [5.41, 5.74) is 4.61. The number of hydrogen-bond acceptors (Lipinski definition) is 7. The number of nitrogens with one attached hydrogen (secondary N) is 1. The number of aryl methyl sites for hydroxylation is 1. The number of aromatic nitrogens is 4. The maximum absolute atomic E-state index is 14.0. The van der Waals surface area contributed by atoms with E-state index in [9.17, 15) is 14.7 Å². The molecule has 9 nitrogen and oxygen atoms in total. The molecule has 0 bridgehead atoms. The lowest BCUT2D eigenvalue weighted by Gasteiger charge is -2.34. The second-order valence-corrected chi connectivity index (χ2v) is 12.5. The predicted molar refractivity (Wildman–Crippen MR) is 149 cm³/mol. The zero-order chi connectivity index (χ0) is 27.9. The number of aliphatic hydroxyl groups excluding tert-OH is 1. The van der Waals surface area contributed by atoms with E-state index >= 15 is 0 Å². The molecule has 2 aromatic heterocycles. The Morgan fingerprint density at radius 2 is 2.00 bits per heavy atom. The number of carbonyl (C=O) groups is 2. The lowest BCUT2D eigenvalue weighted by atomic mass is 9.85. The first-order valence-electron chi connectivity index (χ1n) is 13.2. The van der Waals surface area contributed by atoms with Gasteiger partial charge in [-0.2, -0.15) is 0 Å². The molecule has 39 heavy (non-hydrogen) atoms. The number of amides is 2. The highest BCUT2D eigenvalue weighted by Crippen LogP contribution is 2.47. The van der Waals surface area contributed by atoms with Crippen LogP contribution < -0.4 is 5.32 Å². The maximum atomic E-state index is 14.0. The van der Waals surface area contributed by atoms with Crippen LogP contribution in [0.1, 0.15) is 63.0 Å². The number of likely N-dealkylation sites (tertiary alicyclic amines) is 1. The zero-order valence-electron chi connectivity index (χ0n) is 22.7. The van der Waals surface area contributed by atoms with Gasteiger partial charge in [0.2, 0.25) is 11.8 Å². The van der Waals surface area contributed by atoms with Crippen LogP contribution in [-0.4, -0.2) is 60.5 Å². The Labute approximate surface area is 232 Å². The van der Waals surface area contributed by atoms with Gasteiger partial charge in [-0.1, -0.05) is 56.2 Å². The maximum Gasteiger partial charge on any atom is 0.248 e. The van der Waals surface area contributed by atoms with Crippen molar-refractivity contribution in [2.45, 2.75) is 77.1 Å². The molecular weight excluding hydrogens is 512 g/mol. The summed E-state index contributed by atoms with van der Waals surface area (Å²) in [5.74, 6) is 2.25. The summed E-state index contributed by atoms with van der Waals surface area (Å²) in [4.78, 5) is 34.2. The molecule has 3 atom stereocenters. The number of nitrogens with zero attached hydrogens (tertiary/aromatic N) is 5. The molecule has 0 radical (unpaired) electrons. The van der Waals surface area contributed by atoms with Crippen LogP contribution in [0, 0.1) is 24.7 Å². The monoisotopic (exact) mass is 546 g/mol. The molecule has 3 aromatic rings. The van der Waals surface area contributed by atoms with Gasteiger partial charge in [-0.15, -0.1) is 22.9 Å². The van der Waals surface area contributed by atoms with Crippen molar-refractivity contribution in [2.75, 3.05) is 6.54 Å². The summed E-state index contributed by atoms with van der Waals surface area (Å²) < 4.78 is 1.57. The highest BCUT2D eigenvalue weighted by atomic mass is 32.1. The van der Waals surface area contributed by atoms with Crippen LogP contribution in [0.25, 0.3) is 10.4 Å². The highest BCUT2D eigenvalue weighted by Gasteiger charge is 2.48. The van der Waals surface area contributed by atoms with Gasteiger partial charge in [-0.25, -0.2) is 9.67 Å². The molecule has 5 rings (SSSR count). The molecule has 0 spiro atoms. The molecule has 1 aromatic carbocycles. The van der Waals surface area contributed by atoms with Crippen molar-refractivity contribution in [3.05, 3.63) is 52.9 Å². The minimum absolute atomic E-state index is 0.0856. The van der Waals surface area contributed by atoms with E-state index in [1.54, 1.807) is 22.2 Å². The number of aliphatic hydroxyl groups is 1. The molecule has 1 aliphatic heterocycles. The molecule has 2 aliphatic rings. The Morgan fingerprint density at radius 1 is 1.28 bits per heavy atom. The zero-order valence-corrected chi connectivity index (χ0v) is 23.5.